The van der Waals surface area contributed by atoms with Crippen molar-refractivity contribution in [3.05, 3.63) is 28.8 Å². The monoisotopic (exact) mass is 436 g/mol. The minimum atomic E-state index is 0.111. The van der Waals surface area contributed by atoms with Gasteiger partial charge >= 0.3 is 0 Å². The first-order valence-corrected chi connectivity index (χ1v) is 11.2. The van der Waals surface area contributed by atoms with Crippen LogP contribution in [0.4, 0.5) is 0 Å². The zero-order valence-corrected chi connectivity index (χ0v) is 18.8. The van der Waals surface area contributed by atoms with Crippen LogP contribution in [0.25, 0.3) is 0 Å². The largest absolute Gasteiger partial charge is 0.497 e. The van der Waals surface area contributed by atoms with Crippen LogP contribution in [0.5, 0.6) is 5.75 Å². The fourth-order valence-corrected chi connectivity index (χ4v) is 4.21. The van der Waals surface area contributed by atoms with Crippen LogP contribution >= 0.6 is 11.6 Å². The summed E-state index contributed by atoms with van der Waals surface area (Å²) < 4.78 is 10.6. The number of benzene rings is 1. The van der Waals surface area contributed by atoms with Gasteiger partial charge in [-0.1, -0.05) is 17.7 Å². The number of likely N-dealkylation sites (tertiary alicyclic amines) is 1. The third-order valence-electron chi connectivity index (χ3n) is 5.70. The van der Waals surface area contributed by atoms with E-state index in [1.54, 1.807) is 7.11 Å². The lowest BCUT2D eigenvalue weighted by atomic mass is 9.95. The molecule has 2 fully saturated rings. The van der Waals surface area contributed by atoms with Crippen LogP contribution in [0.15, 0.2) is 23.2 Å². The number of aliphatic imine (C=N–C) groups is 1. The quantitative estimate of drug-likeness (QED) is 0.548. The molecule has 1 aromatic carbocycles. The predicted molar refractivity (Wildman–Crippen MR) is 119 cm³/mol. The molecule has 0 saturated carbocycles. The van der Waals surface area contributed by atoms with Gasteiger partial charge < -0.3 is 24.6 Å². The molecule has 2 heterocycles. The topological polar surface area (TPSA) is 66.4 Å². The first-order valence-electron chi connectivity index (χ1n) is 10.8. The van der Waals surface area contributed by atoms with Crippen molar-refractivity contribution in [2.24, 2.45) is 10.9 Å². The Balaban J connectivity index is 1.53. The molecule has 2 aliphatic rings. The van der Waals surface area contributed by atoms with Gasteiger partial charge in [0.05, 0.1) is 20.3 Å². The lowest BCUT2D eigenvalue weighted by molar-refractivity contribution is -0.140. The Morgan fingerprint density at radius 3 is 2.60 bits per heavy atom. The molecule has 2 aliphatic heterocycles. The number of guanidine groups is 1. The number of methoxy groups -OCH3 is 1. The van der Waals surface area contributed by atoms with Gasteiger partial charge in [-0.05, 0) is 43.9 Å². The normalized spacial score (nSPS) is 18.4. The first-order chi connectivity index (χ1) is 14.6. The lowest BCUT2D eigenvalue weighted by Gasteiger charge is -2.36. The number of morpholine rings is 1. The number of hydrogen-bond acceptors (Lipinski definition) is 4. The molecule has 1 aromatic rings. The lowest BCUT2D eigenvalue weighted by Crippen LogP contribution is -2.50. The van der Waals surface area contributed by atoms with Gasteiger partial charge in [-0.3, -0.25) is 9.79 Å². The van der Waals surface area contributed by atoms with E-state index in [4.69, 9.17) is 26.1 Å². The highest BCUT2D eigenvalue weighted by molar-refractivity contribution is 6.31. The Kier molecular flexibility index (Phi) is 8.63. The summed E-state index contributed by atoms with van der Waals surface area (Å²) in [6, 6.07) is 5.75. The van der Waals surface area contributed by atoms with E-state index in [1.807, 2.05) is 23.1 Å². The highest BCUT2D eigenvalue weighted by atomic mass is 35.5. The van der Waals surface area contributed by atoms with E-state index < -0.39 is 0 Å². The van der Waals surface area contributed by atoms with E-state index in [-0.39, 0.29) is 11.8 Å². The molecule has 166 valence electrons. The van der Waals surface area contributed by atoms with Crippen LogP contribution in [-0.2, 0) is 16.0 Å². The van der Waals surface area contributed by atoms with E-state index in [0.717, 1.165) is 69.3 Å². The third kappa shape index (κ3) is 6.01. The molecule has 2 saturated heterocycles. The number of hydrogen-bond donors (Lipinski definition) is 1. The van der Waals surface area contributed by atoms with Crippen LogP contribution in [0, 0.1) is 5.92 Å². The van der Waals surface area contributed by atoms with Crippen molar-refractivity contribution in [1.82, 2.24) is 15.1 Å². The number of ether oxygens (including phenoxy) is 2. The summed E-state index contributed by atoms with van der Waals surface area (Å²) in [5.74, 6) is 2.07. The third-order valence-corrected chi connectivity index (χ3v) is 6.06. The fraction of sp³-hybridized carbons (Fsp3) is 0.636. The van der Waals surface area contributed by atoms with E-state index in [9.17, 15) is 4.79 Å². The van der Waals surface area contributed by atoms with Gasteiger partial charge in [-0.25, -0.2) is 0 Å². The molecule has 0 bridgehead atoms. The van der Waals surface area contributed by atoms with Gasteiger partial charge in [0.15, 0.2) is 5.96 Å². The van der Waals surface area contributed by atoms with Crippen molar-refractivity contribution >= 4 is 23.5 Å². The van der Waals surface area contributed by atoms with Gasteiger partial charge in [0.2, 0.25) is 5.91 Å². The molecule has 1 N–H and O–H groups in total. The maximum Gasteiger partial charge on any atom is 0.225 e. The molecule has 7 nitrogen and oxygen atoms in total. The van der Waals surface area contributed by atoms with Crippen molar-refractivity contribution < 1.29 is 14.3 Å². The second-order valence-corrected chi connectivity index (χ2v) is 8.05. The summed E-state index contributed by atoms with van der Waals surface area (Å²) in [6.45, 7) is 7.97. The smallest absolute Gasteiger partial charge is 0.225 e. The van der Waals surface area contributed by atoms with Crippen LogP contribution in [-0.4, -0.2) is 81.3 Å². The Morgan fingerprint density at radius 2 is 1.97 bits per heavy atom. The first kappa shape index (κ1) is 22.7. The highest BCUT2D eigenvalue weighted by Gasteiger charge is 2.30. The number of nitrogens with zero attached hydrogens (tertiary/aromatic N) is 3. The van der Waals surface area contributed by atoms with E-state index in [0.29, 0.717) is 24.8 Å². The van der Waals surface area contributed by atoms with Crippen LogP contribution < -0.4 is 10.1 Å². The van der Waals surface area contributed by atoms with E-state index in [1.165, 1.54) is 0 Å². The molecule has 0 aromatic heterocycles. The molecule has 8 heteroatoms. The molecular formula is C22H33ClN4O3. The van der Waals surface area contributed by atoms with Gasteiger partial charge in [-0.2, -0.15) is 0 Å². The average molecular weight is 437 g/mol. The molecule has 0 aliphatic carbocycles. The van der Waals surface area contributed by atoms with E-state index in [2.05, 4.69) is 17.1 Å². The van der Waals surface area contributed by atoms with Crippen LogP contribution in [0.1, 0.15) is 25.3 Å². The summed E-state index contributed by atoms with van der Waals surface area (Å²) in [4.78, 5) is 21.8. The number of carbonyl (C=O) groups excluding carboxylic acids is 1. The minimum Gasteiger partial charge on any atom is -0.497 e. The Hall–Kier alpha value is -1.99. The molecule has 0 radical (unpaired) electrons. The maximum atomic E-state index is 12.7. The average Bonchev–Trinajstić information content (AvgIpc) is 2.79. The predicted octanol–water partition coefficient (Wildman–Crippen LogP) is 2.43. The molecule has 30 heavy (non-hydrogen) atoms. The number of piperidine rings is 1. The van der Waals surface area contributed by atoms with E-state index >= 15 is 0 Å². The van der Waals surface area contributed by atoms with Gasteiger partial charge in [0.1, 0.15) is 5.75 Å². The highest BCUT2D eigenvalue weighted by Crippen LogP contribution is 2.23. The summed E-state index contributed by atoms with van der Waals surface area (Å²) in [5.41, 5.74) is 1.06. The van der Waals surface area contributed by atoms with Crippen LogP contribution in [0.2, 0.25) is 5.02 Å². The second-order valence-electron chi connectivity index (χ2n) is 7.64. The SMILES string of the molecule is CCNC(=NCCc1ccc(OC)cc1Cl)N1CCC(C(=O)N2CCOCC2)CC1. The van der Waals surface area contributed by atoms with Gasteiger partial charge in [0.25, 0.3) is 0 Å². The summed E-state index contributed by atoms with van der Waals surface area (Å²) >= 11 is 6.34. The molecule has 0 spiro atoms. The summed E-state index contributed by atoms with van der Waals surface area (Å²) in [6.07, 6.45) is 2.50. The van der Waals surface area contributed by atoms with Crippen molar-refractivity contribution in [3.8, 4) is 5.75 Å². The number of nitrogens with one attached hydrogen (secondary N) is 1. The number of halogens is 1. The maximum absolute atomic E-state index is 12.7. The van der Waals surface area contributed by atoms with Gasteiger partial charge in [-0.15, -0.1) is 0 Å². The van der Waals surface area contributed by atoms with Crippen LogP contribution in [0.3, 0.4) is 0 Å². The van der Waals surface area contributed by atoms with Crippen molar-refractivity contribution in [2.45, 2.75) is 26.2 Å². The molecule has 0 atom stereocenters. The minimum absolute atomic E-state index is 0.111. The number of rotatable bonds is 6. The zero-order valence-electron chi connectivity index (χ0n) is 18.0. The summed E-state index contributed by atoms with van der Waals surface area (Å²) in [5, 5.41) is 4.10. The fourth-order valence-electron chi connectivity index (χ4n) is 3.95. The number of amides is 1. The molecule has 1 amide bonds. The number of carbonyl (C=O) groups is 1. The Labute approximate surface area is 184 Å². The Morgan fingerprint density at radius 1 is 1.23 bits per heavy atom. The molecule has 3 rings (SSSR count). The Bertz CT molecular complexity index is 729. The second kappa shape index (κ2) is 11.4. The van der Waals surface area contributed by atoms with Crippen molar-refractivity contribution in [1.29, 1.82) is 0 Å². The zero-order chi connectivity index (χ0) is 21.3. The van der Waals surface area contributed by atoms with Crippen molar-refractivity contribution in [2.75, 3.05) is 59.6 Å². The molecular weight excluding hydrogens is 404 g/mol. The van der Waals surface area contributed by atoms with Gasteiger partial charge in [0, 0.05) is 50.2 Å². The van der Waals surface area contributed by atoms with Crippen molar-refractivity contribution in [3.63, 3.8) is 0 Å². The molecule has 0 unspecified atom stereocenters. The standard InChI is InChI=1S/C22H33ClN4O3/c1-3-24-22(25-9-6-17-4-5-19(29-2)16-20(17)23)27-10-7-18(8-11-27)21(28)26-12-14-30-15-13-26/h4-5,16,18H,3,6-15H2,1-2H3,(H,24,25). The summed E-state index contributed by atoms with van der Waals surface area (Å²) in [7, 11) is 1.63.